The summed E-state index contributed by atoms with van der Waals surface area (Å²) in [6.45, 7) is 0.399. The number of hydrogen-bond donors (Lipinski definition) is 1. The van der Waals surface area contributed by atoms with E-state index in [1.807, 2.05) is 12.1 Å². The topological polar surface area (TPSA) is 70.5 Å². The molecule has 1 aliphatic heterocycles. The van der Waals surface area contributed by atoms with Crippen molar-refractivity contribution in [3.8, 4) is 0 Å². The van der Waals surface area contributed by atoms with Crippen molar-refractivity contribution >= 4 is 11.9 Å². The number of likely N-dealkylation sites (tertiary alicyclic amines) is 1. The normalized spacial score (nSPS) is 20.5. The molecule has 3 rings (SSSR count). The van der Waals surface area contributed by atoms with Gasteiger partial charge in [-0.05, 0) is 42.2 Å². The first-order chi connectivity index (χ1) is 12.1. The van der Waals surface area contributed by atoms with Gasteiger partial charge in [0, 0.05) is 25.4 Å². The summed E-state index contributed by atoms with van der Waals surface area (Å²) in [5.41, 5.74) is 1.62. The molecule has 5 nitrogen and oxygen atoms in total. The van der Waals surface area contributed by atoms with E-state index < -0.39 is 17.9 Å². The van der Waals surface area contributed by atoms with Crippen LogP contribution in [0.15, 0.2) is 48.8 Å². The molecule has 1 amide bonds. The Kier molecular flexibility index (Phi) is 5.07. The zero-order chi connectivity index (χ0) is 17.8. The maximum Gasteiger partial charge on any atom is 0.308 e. The van der Waals surface area contributed by atoms with Crippen LogP contribution in [0.4, 0.5) is 4.39 Å². The number of nitrogens with zero attached hydrogens (tertiary/aromatic N) is 2. The van der Waals surface area contributed by atoms with Gasteiger partial charge in [-0.1, -0.05) is 18.2 Å². The Hall–Kier alpha value is -2.76. The van der Waals surface area contributed by atoms with Crippen LogP contribution in [0.5, 0.6) is 0 Å². The number of benzene rings is 1. The van der Waals surface area contributed by atoms with Crippen molar-refractivity contribution in [3.05, 3.63) is 65.7 Å². The molecule has 1 fully saturated rings. The number of rotatable bonds is 5. The first-order valence-corrected chi connectivity index (χ1v) is 8.23. The summed E-state index contributed by atoms with van der Waals surface area (Å²) in [6.07, 6.45) is 4.50. The van der Waals surface area contributed by atoms with Crippen molar-refractivity contribution in [2.45, 2.75) is 25.3 Å². The van der Waals surface area contributed by atoms with Crippen LogP contribution in [-0.4, -0.2) is 33.4 Å². The van der Waals surface area contributed by atoms with Gasteiger partial charge in [0.25, 0.3) is 0 Å². The molecular weight excluding hydrogens is 323 g/mol. The molecule has 6 heteroatoms. The zero-order valence-electron chi connectivity index (χ0n) is 13.6. The third-order valence-electron chi connectivity index (χ3n) is 4.60. The van der Waals surface area contributed by atoms with Crippen molar-refractivity contribution in [2.75, 3.05) is 6.54 Å². The van der Waals surface area contributed by atoms with Crippen molar-refractivity contribution in [1.82, 2.24) is 9.88 Å². The van der Waals surface area contributed by atoms with Gasteiger partial charge in [0.2, 0.25) is 5.91 Å². The molecule has 1 aromatic heterocycles. The summed E-state index contributed by atoms with van der Waals surface area (Å²) in [4.78, 5) is 29.9. The first-order valence-electron chi connectivity index (χ1n) is 8.23. The number of pyridine rings is 1. The van der Waals surface area contributed by atoms with Crippen LogP contribution in [-0.2, 0) is 16.0 Å². The summed E-state index contributed by atoms with van der Waals surface area (Å²) < 4.78 is 13.2. The molecule has 0 spiro atoms. The summed E-state index contributed by atoms with van der Waals surface area (Å²) in [7, 11) is 0. The second kappa shape index (κ2) is 7.42. The zero-order valence-corrected chi connectivity index (χ0v) is 13.6. The Morgan fingerprint density at radius 1 is 1.28 bits per heavy atom. The molecule has 1 aliphatic rings. The predicted molar refractivity (Wildman–Crippen MR) is 89.2 cm³/mol. The van der Waals surface area contributed by atoms with Crippen LogP contribution in [0.25, 0.3) is 0 Å². The highest BCUT2D eigenvalue weighted by molar-refractivity contribution is 5.81. The van der Waals surface area contributed by atoms with Crippen LogP contribution in [0.1, 0.15) is 30.0 Å². The van der Waals surface area contributed by atoms with Crippen molar-refractivity contribution in [1.29, 1.82) is 0 Å². The maximum absolute atomic E-state index is 13.2. The lowest BCUT2D eigenvalue weighted by atomic mass is 9.84. The molecule has 2 aromatic rings. The highest BCUT2D eigenvalue weighted by Gasteiger charge is 2.40. The van der Waals surface area contributed by atoms with Gasteiger partial charge in [-0.3, -0.25) is 14.6 Å². The lowest BCUT2D eigenvalue weighted by molar-refractivity contribution is -0.152. The first kappa shape index (κ1) is 17.1. The number of halogens is 1. The van der Waals surface area contributed by atoms with E-state index in [9.17, 15) is 19.1 Å². The van der Waals surface area contributed by atoms with Crippen LogP contribution in [0, 0.1) is 11.7 Å². The number of carboxylic acid groups (broad SMARTS) is 1. The van der Waals surface area contributed by atoms with E-state index in [-0.39, 0.29) is 18.1 Å². The maximum atomic E-state index is 13.2. The monoisotopic (exact) mass is 342 g/mol. The lowest BCUT2D eigenvalue weighted by Crippen LogP contribution is -2.46. The van der Waals surface area contributed by atoms with Crippen LogP contribution >= 0.6 is 0 Å². The van der Waals surface area contributed by atoms with Crippen LogP contribution < -0.4 is 0 Å². The smallest absolute Gasteiger partial charge is 0.308 e. The molecular formula is C19H19FN2O3. The van der Waals surface area contributed by atoms with Gasteiger partial charge in [0.1, 0.15) is 5.82 Å². The lowest BCUT2D eigenvalue weighted by Gasteiger charge is -2.40. The number of carbonyl (C=O) groups excluding carboxylic acids is 1. The fourth-order valence-corrected chi connectivity index (χ4v) is 3.34. The molecule has 0 saturated carbocycles. The third kappa shape index (κ3) is 3.84. The van der Waals surface area contributed by atoms with Crippen LogP contribution in [0.3, 0.4) is 0 Å². The van der Waals surface area contributed by atoms with Crippen molar-refractivity contribution < 1.29 is 19.1 Å². The van der Waals surface area contributed by atoms with Crippen molar-refractivity contribution in [2.24, 2.45) is 5.92 Å². The Labute approximate surface area is 145 Å². The van der Waals surface area contributed by atoms with Gasteiger partial charge in [0.05, 0.1) is 12.0 Å². The van der Waals surface area contributed by atoms with E-state index >= 15 is 0 Å². The Morgan fingerprint density at radius 3 is 2.68 bits per heavy atom. The largest absolute Gasteiger partial charge is 0.481 e. The second-order valence-corrected chi connectivity index (χ2v) is 6.18. The third-order valence-corrected chi connectivity index (χ3v) is 4.60. The van der Waals surface area contributed by atoms with E-state index in [4.69, 9.17) is 0 Å². The minimum Gasteiger partial charge on any atom is -0.481 e. The van der Waals surface area contributed by atoms with E-state index in [1.165, 1.54) is 12.1 Å². The Bertz CT molecular complexity index is 749. The van der Waals surface area contributed by atoms with E-state index in [1.54, 1.807) is 29.4 Å². The quantitative estimate of drug-likeness (QED) is 0.907. The highest BCUT2D eigenvalue weighted by Crippen LogP contribution is 2.37. The van der Waals surface area contributed by atoms with Crippen LogP contribution in [0.2, 0.25) is 0 Å². The molecule has 130 valence electrons. The molecule has 0 radical (unpaired) electrons. The molecule has 25 heavy (non-hydrogen) atoms. The molecule has 2 heterocycles. The molecule has 1 N–H and O–H groups in total. The average molecular weight is 342 g/mol. The molecule has 0 bridgehead atoms. The molecule has 1 aromatic carbocycles. The summed E-state index contributed by atoms with van der Waals surface area (Å²) >= 11 is 0. The van der Waals surface area contributed by atoms with Gasteiger partial charge in [-0.2, -0.15) is 0 Å². The molecule has 2 unspecified atom stereocenters. The number of piperidine rings is 1. The highest BCUT2D eigenvalue weighted by atomic mass is 19.1. The number of amides is 1. The molecule has 2 atom stereocenters. The number of aromatic nitrogens is 1. The van der Waals surface area contributed by atoms with Gasteiger partial charge >= 0.3 is 5.97 Å². The molecule has 0 aliphatic carbocycles. The minimum atomic E-state index is -0.937. The minimum absolute atomic E-state index is 0.0734. The summed E-state index contributed by atoms with van der Waals surface area (Å²) in [5, 5.41) is 9.59. The predicted octanol–water partition coefficient (Wildman–Crippen LogP) is 2.83. The van der Waals surface area contributed by atoms with E-state index in [2.05, 4.69) is 4.98 Å². The molecule has 1 saturated heterocycles. The number of hydrogen-bond acceptors (Lipinski definition) is 3. The summed E-state index contributed by atoms with van der Waals surface area (Å²) in [6, 6.07) is 8.88. The van der Waals surface area contributed by atoms with E-state index in [0.717, 1.165) is 5.56 Å². The van der Waals surface area contributed by atoms with Gasteiger partial charge < -0.3 is 10.0 Å². The van der Waals surface area contributed by atoms with Crippen molar-refractivity contribution in [3.63, 3.8) is 0 Å². The van der Waals surface area contributed by atoms with Gasteiger partial charge in [-0.15, -0.1) is 0 Å². The van der Waals surface area contributed by atoms with E-state index in [0.29, 0.717) is 24.9 Å². The standard InChI is InChI=1S/C19H19FN2O3/c20-15-5-3-14(4-6-15)18-16(19(24)25)7-8-17(23)22(18)11-9-13-2-1-10-21-12-13/h1-6,10,12,16,18H,7-9,11H2,(H,24,25). The summed E-state index contributed by atoms with van der Waals surface area (Å²) in [5.74, 6) is -2.10. The Balaban J connectivity index is 1.88. The number of aliphatic carboxylic acids is 1. The number of carbonyl (C=O) groups is 2. The fraction of sp³-hybridized carbons (Fsp3) is 0.316. The Morgan fingerprint density at radius 2 is 2.04 bits per heavy atom. The fourth-order valence-electron chi connectivity index (χ4n) is 3.34. The average Bonchev–Trinajstić information content (AvgIpc) is 2.62. The second-order valence-electron chi connectivity index (χ2n) is 6.18. The SMILES string of the molecule is O=C(O)C1CCC(=O)N(CCc2cccnc2)C1c1ccc(F)cc1. The van der Waals surface area contributed by atoms with Gasteiger partial charge in [-0.25, -0.2) is 4.39 Å². The van der Waals surface area contributed by atoms with Gasteiger partial charge in [0.15, 0.2) is 0 Å². The number of carboxylic acids is 1.